The van der Waals surface area contributed by atoms with E-state index in [1.54, 1.807) is 12.1 Å². The van der Waals surface area contributed by atoms with Gasteiger partial charge >= 0.3 is 6.18 Å². The third-order valence-corrected chi connectivity index (χ3v) is 2.92. The lowest BCUT2D eigenvalue weighted by molar-refractivity contribution is -0.173. The maximum atomic E-state index is 11.8. The first-order valence-corrected chi connectivity index (χ1v) is 6.53. The molecule has 0 saturated carbocycles. The molecule has 0 spiro atoms. The average molecular weight is 332 g/mol. The summed E-state index contributed by atoms with van der Waals surface area (Å²) in [6.45, 7) is -1.06. The minimum Gasteiger partial charge on any atom is -0.387 e. The van der Waals surface area contributed by atoms with Crippen LogP contribution in [-0.2, 0) is 4.74 Å². The number of benzene rings is 1. The summed E-state index contributed by atoms with van der Waals surface area (Å²) < 4.78 is 39.8. The van der Waals surface area contributed by atoms with E-state index in [2.05, 4.69) is 10.1 Å². The first kappa shape index (κ1) is 17.5. The molecule has 0 fully saturated rings. The number of hydrogen-bond donors (Lipinski definition) is 2. The van der Waals surface area contributed by atoms with Crippen LogP contribution in [0, 0.1) is 0 Å². The molecule has 0 radical (unpaired) electrons. The monoisotopic (exact) mass is 331 g/mol. The quantitative estimate of drug-likeness (QED) is 0.754. The largest absolute Gasteiger partial charge is 0.411 e. The summed E-state index contributed by atoms with van der Waals surface area (Å²) in [4.78, 5) is 0. The second-order valence-electron chi connectivity index (χ2n) is 4.05. The minimum absolute atomic E-state index is 0.102. The third-order valence-electron chi connectivity index (χ3n) is 2.34. The van der Waals surface area contributed by atoms with Gasteiger partial charge in [-0.2, -0.15) is 13.2 Å². The van der Waals surface area contributed by atoms with Crippen LogP contribution in [0.1, 0.15) is 11.7 Å². The van der Waals surface area contributed by atoms with Crippen LogP contribution in [0.15, 0.2) is 18.2 Å². The Bertz CT molecular complexity index is 430. The average Bonchev–Trinajstić information content (AvgIpc) is 2.35. The first-order valence-electron chi connectivity index (χ1n) is 5.78. The topological polar surface area (TPSA) is 41.5 Å². The van der Waals surface area contributed by atoms with Crippen molar-refractivity contribution >= 4 is 23.2 Å². The van der Waals surface area contributed by atoms with Crippen molar-refractivity contribution in [2.75, 3.05) is 26.3 Å². The highest BCUT2D eigenvalue weighted by Gasteiger charge is 2.27. The van der Waals surface area contributed by atoms with Crippen molar-refractivity contribution in [1.82, 2.24) is 5.32 Å². The van der Waals surface area contributed by atoms with Crippen LogP contribution < -0.4 is 5.32 Å². The lowest BCUT2D eigenvalue weighted by Gasteiger charge is -2.14. The van der Waals surface area contributed by atoms with Gasteiger partial charge in [0.05, 0.1) is 12.7 Å². The van der Waals surface area contributed by atoms with Gasteiger partial charge in [-0.15, -0.1) is 0 Å². The standard InChI is InChI=1S/C12H14Cl2F3NO2/c13-8-1-2-10(14)9(5-8)11(19)6-18-3-4-20-7-12(15,16)17/h1-2,5,11,18-19H,3-4,6-7H2. The zero-order valence-electron chi connectivity index (χ0n) is 10.4. The summed E-state index contributed by atoms with van der Waals surface area (Å²) in [5.41, 5.74) is 0.461. The van der Waals surface area contributed by atoms with E-state index in [1.807, 2.05) is 0 Å². The normalized spacial score (nSPS) is 13.5. The molecular formula is C12H14Cl2F3NO2. The van der Waals surface area contributed by atoms with Crippen LogP contribution in [0.4, 0.5) is 13.2 Å². The van der Waals surface area contributed by atoms with Gasteiger partial charge < -0.3 is 15.2 Å². The summed E-state index contributed by atoms with van der Waals surface area (Å²) >= 11 is 11.7. The zero-order valence-corrected chi connectivity index (χ0v) is 11.9. The molecule has 0 bridgehead atoms. The smallest absolute Gasteiger partial charge is 0.387 e. The highest BCUT2D eigenvalue weighted by Crippen LogP contribution is 2.25. The van der Waals surface area contributed by atoms with Crippen LogP contribution in [0.2, 0.25) is 10.0 Å². The Balaban J connectivity index is 2.26. The number of nitrogens with one attached hydrogen (secondary N) is 1. The van der Waals surface area contributed by atoms with Gasteiger partial charge in [0.15, 0.2) is 0 Å². The van der Waals surface area contributed by atoms with Crippen molar-refractivity contribution in [3.8, 4) is 0 Å². The summed E-state index contributed by atoms with van der Waals surface area (Å²) in [6, 6.07) is 4.70. The van der Waals surface area contributed by atoms with E-state index < -0.39 is 18.9 Å². The van der Waals surface area contributed by atoms with E-state index >= 15 is 0 Å². The van der Waals surface area contributed by atoms with Crippen LogP contribution >= 0.6 is 23.2 Å². The molecule has 0 aliphatic heterocycles. The molecule has 0 saturated heterocycles. The number of aliphatic hydroxyl groups is 1. The maximum Gasteiger partial charge on any atom is 0.411 e. The predicted molar refractivity (Wildman–Crippen MR) is 71.2 cm³/mol. The van der Waals surface area contributed by atoms with Crippen LogP contribution in [0.25, 0.3) is 0 Å². The first-order chi connectivity index (χ1) is 9.29. The van der Waals surface area contributed by atoms with E-state index in [0.717, 1.165) is 0 Å². The summed E-state index contributed by atoms with van der Waals surface area (Å²) in [5, 5.41) is 13.5. The van der Waals surface area contributed by atoms with E-state index in [1.165, 1.54) is 6.07 Å². The summed E-state index contributed by atoms with van der Waals surface area (Å²) in [6.07, 6.45) is -5.22. The number of alkyl halides is 3. The van der Waals surface area contributed by atoms with E-state index in [-0.39, 0.29) is 19.7 Å². The van der Waals surface area contributed by atoms with Crippen molar-refractivity contribution in [3.05, 3.63) is 33.8 Å². The van der Waals surface area contributed by atoms with Crippen LogP contribution in [0.3, 0.4) is 0 Å². The second kappa shape index (κ2) is 8.05. The molecule has 0 aromatic heterocycles. The predicted octanol–water partition coefficient (Wildman–Crippen LogP) is 3.20. The van der Waals surface area contributed by atoms with E-state index in [9.17, 15) is 18.3 Å². The molecule has 0 aliphatic carbocycles. The number of halogens is 5. The Morgan fingerprint density at radius 3 is 2.65 bits per heavy atom. The maximum absolute atomic E-state index is 11.8. The molecule has 8 heteroatoms. The molecular weight excluding hydrogens is 318 g/mol. The van der Waals surface area contributed by atoms with Crippen LogP contribution in [0.5, 0.6) is 0 Å². The van der Waals surface area contributed by atoms with Crippen molar-refractivity contribution in [2.45, 2.75) is 12.3 Å². The number of hydrogen-bond acceptors (Lipinski definition) is 3. The summed E-state index contributed by atoms with van der Waals surface area (Å²) in [5.74, 6) is 0. The van der Waals surface area contributed by atoms with Gasteiger partial charge in [-0.1, -0.05) is 23.2 Å². The Hall–Kier alpha value is -0.530. The third kappa shape index (κ3) is 6.76. The fraction of sp³-hybridized carbons (Fsp3) is 0.500. The van der Waals surface area contributed by atoms with Crippen LogP contribution in [-0.4, -0.2) is 37.6 Å². The molecule has 3 nitrogen and oxygen atoms in total. The molecule has 114 valence electrons. The highest BCUT2D eigenvalue weighted by atomic mass is 35.5. The van der Waals surface area contributed by atoms with Crippen molar-refractivity contribution in [1.29, 1.82) is 0 Å². The van der Waals surface area contributed by atoms with Gasteiger partial charge in [0, 0.05) is 28.7 Å². The summed E-state index contributed by atoms with van der Waals surface area (Å²) in [7, 11) is 0. The Labute approximate surface area is 124 Å². The fourth-order valence-corrected chi connectivity index (χ4v) is 1.87. The lowest BCUT2D eigenvalue weighted by Crippen LogP contribution is -2.27. The Morgan fingerprint density at radius 1 is 1.30 bits per heavy atom. The van der Waals surface area contributed by atoms with Gasteiger partial charge in [-0.3, -0.25) is 0 Å². The van der Waals surface area contributed by atoms with Crippen molar-refractivity contribution in [3.63, 3.8) is 0 Å². The molecule has 20 heavy (non-hydrogen) atoms. The molecule has 0 heterocycles. The minimum atomic E-state index is -4.33. The highest BCUT2D eigenvalue weighted by molar-refractivity contribution is 6.33. The van der Waals surface area contributed by atoms with E-state index in [0.29, 0.717) is 15.6 Å². The fourth-order valence-electron chi connectivity index (χ4n) is 1.45. The molecule has 1 atom stereocenters. The van der Waals surface area contributed by atoms with Gasteiger partial charge in [0.2, 0.25) is 0 Å². The second-order valence-corrected chi connectivity index (χ2v) is 4.90. The molecule has 1 aromatic rings. The number of aliphatic hydroxyl groups excluding tert-OH is 1. The van der Waals surface area contributed by atoms with E-state index in [4.69, 9.17) is 23.2 Å². The van der Waals surface area contributed by atoms with Gasteiger partial charge in [-0.25, -0.2) is 0 Å². The van der Waals surface area contributed by atoms with Crippen molar-refractivity contribution in [2.24, 2.45) is 0 Å². The zero-order chi connectivity index (χ0) is 15.2. The molecule has 2 N–H and O–H groups in total. The Kier molecular flexibility index (Phi) is 7.05. The van der Waals surface area contributed by atoms with Gasteiger partial charge in [-0.05, 0) is 18.2 Å². The molecule has 1 unspecified atom stereocenters. The number of ether oxygens (including phenoxy) is 1. The molecule has 0 amide bonds. The Morgan fingerprint density at radius 2 is 2.00 bits per heavy atom. The lowest BCUT2D eigenvalue weighted by atomic mass is 10.1. The SMILES string of the molecule is OC(CNCCOCC(F)(F)F)c1cc(Cl)ccc1Cl. The molecule has 1 rings (SSSR count). The molecule has 0 aliphatic rings. The number of rotatable bonds is 7. The van der Waals surface area contributed by atoms with Gasteiger partial charge in [0.1, 0.15) is 6.61 Å². The van der Waals surface area contributed by atoms with Gasteiger partial charge in [0.25, 0.3) is 0 Å². The molecule has 1 aromatic carbocycles. The van der Waals surface area contributed by atoms with Crippen molar-refractivity contribution < 1.29 is 23.0 Å².